The van der Waals surface area contributed by atoms with Crippen molar-refractivity contribution < 1.29 is 0 Å². The van der Waals surface area contributed by atoms with Gasteiger partial charge in [0.1, 0.15) is 11.6 Å². The summed E-state index contributed by atoms with van der Waals surface area (Å²) in [6.45, 7) is 1.85. The molecular weight excluding hydrogens is 412 g/mol. The maximum atomic E-state index is 13.7. The van der Waals surface area contributed by atoms with Crippen LogP contribution in [-0.2, 0) is 0 Å². The number of benzene rings is 1. The van der Waals surface area contributed by atoms with Gasteiger partial charge in [-0.1, -0.05) is 36.4 Å². The summed E-state index contributed by atoms with van der Waals surface area (Å²) < 4.78 is 3.13. The molecule has 0 aliphatic carbocycles. The van der Waals surface area contributed by atoms with Crippen molar-refractivity contribution in [2.45, 2.75) is 6.92 Å². The topological polar surface area (TPSA) is 89.5 Å². The van der Waals surface area contributed by atoms with Gasteiger partial charge in [0.15, 0.2) is 0 Å². The van der Waals surface area contributed by atoms with E-state index in [0.29, 0.717) is 34.1 Å². The summed E-state index contributed by atoms with van der Waals surface area (Å²) in [6, 6.07) is 24.0. The van der Waals surface area contributed by atoms with Crippen molar-refractivity contribution in [3.05, 3.63) is 113 Å². The van der Waals surface area contributed by atoms with Crippen molar-refractivity contribution in [1.82, 2.24) is 24.1 Å². The first-order valence-corrected chi connectivity index (χ1v) is 10.5. The lowest BCUT2D eigenvalue weighted by Gasteiger charge is -2.06. The average Bonchev–Trinajstić information content (AvgIpc) is 3.16. The number of hydrogen-bond donors (Lipinski definition) is 1. The zero-order valence-electron chi connectivity index (χ0n) is 17.9. The summed E-state index contributed by atoms with van der Waals surface area (Å²) >= 11 is 0. The highest BCUT2D eigenvalue weighted by Crippen LogP contribution is 2.21. The molecule has 5 aromatic rings. The van der Waals surface area contributed by atoms with Crippen molar-refractivity contribution in [3.8, 4) is 23.0 Å². The van der Waals surface area contributed by atoms with Crippen LogP contribution in [0.25, 0.3) is 34.1 Å². The summed E-state index contributed by atoms with van der Waals surface area (Å²) in [5.74, 6) is 0.943. The first kappa shape index (κ1) is 20.3. The number of rotatable bonds is 5. The predicted molar refractivity (Wildman–Crippen MR) is 129 cm³/mol. The summed E-state index contributed by atoms with van der Waals surface area (Å²) in [5, 5.41) is 8.19. The van der Waals surface area contributed by atoms with Crippen LogP contribution in [0.2, 0.25) is 0 Å². The molecule has 0 saturated heterocycles. The van der Waals surface area contributed by atoms with Crippen LogP contribution < -0.4 is 5.69 Å². The molecule has 0 aliphatic rings. The Morgan fingerprint density at radius 2 is 1.42 bits per heavy atom. The Balaban J connectivity index is 1.72. The second-order valence-corrected chi connectivity index (χ2v) is 7.33. The SMILES string of the molecule is C/C=C\C(=N)c1cccc(-n2c(=O)n(-c3cccc(-c4ccccn4)n3)c3ccccc32)n1. The van der Waals surface area contributed by atoms with Gasteiger partial charge >= 0.3 is 5.69 Å². The van der Waals surface area contributed by atoms with E-state index in [0.717, 1.165) is 5.69 Å². The fraction of sp³-hybridized carbons (Fsp3) is 0.0385. The lowest BCUT2D eigenvalue weighted by Crippen LogP contribution is -2.23. The van der Waals surface area contributed by atoms with Crippen molar-refractivity contribution >= 4 is 16.7 Å². The fourth-order valence-electron chi connectivity index (χ4n) is 3.75. The number of para-hydroxylation sites is 2. The maximum Gasteiger partial charge on any atom is 0.340 e. The molecule has 0 amide bonds. The molecule has 0 atom stereocenters. The highest BCUT2D eigenvalue weighted by Gasteiger charge is 2.18. The van der Waals surface area contributed by atoms with Gasteiger partial charge in [-0.2, -0.15) is 0 Å². The molecule has 7 heteroatoms. The van der Waals surface area contributed by atoms with Crippen molar-refractivity contribution in [1.29, 1.82) is 5.41 Å². The Bertz CT molecular complexity index is 1560. The minimum atomic E-state index is -0.288. The van der Waals surface area contributed by atoms with E-state index < -0.39 is 0 Å². The molecule has 1 N–H and O–H groups in total. The normalized spacial score (nSPS) is 11.3. The van der Waals surface area contributed by atoms with Crippen molar-refractivity contribution in [2.75, 3.05) is 0 Å². The Morgan fingerprint density at radius 3 is 2.09 bits per heavy atom. The van der Waals surface area contributed by atoms with Crippen LogP contribution in [0, 0.1) is 5.41 Å². The Morgan fingerprint density at radius 1 is 0.788 bits per heavy atom. The molecule has 0 unspecified atom stereocenters. The molecule has 0 bridgehead atoms. The molecule has 0 saturated carbocycles. The van der Waals surface area contributed by atoms with E-state index in [1.54, 1.807) is 51.7 Å². The van der Waals surface area contributed by atoms with E-state index in [9.17, 15) is 4.79 Å². The monoisotopic (exact) mass is 432 g/mol. The number of aromatic nitrogens is 5. The number of allylic oxidation sites excluding steroid dienone is 2. The van der Waals surface area contributed by atoms with Crippen molar-refractivity contribution in [2.24, 2.45) is 0 Å². The zero-order valence-corrected chi connectivity index (χ0v) is 17.9. The summed E-state index contributed by atoms with van der Waals surface area (Å²) in [7, 11) is 0. The van der Waals surface area contributed by atoms with Gasteiger partial charge < -0.3 is 0 Å². The number of nitrogens with zero attached hydrogens (tertiary/aromatic N) is 5. The molecule has 33 heavy (non-hydrogen) atoms. The first-order valence-electron chi connectivity index (χ1n) is 10.5. The Kier molecular flexibility index (Phi) is 5.20. The van der Waals surface area contributed by atoms with E-state index in [2.05, 4.69) is 9.97 Å². The van der Waals surface area contributed by atoms with Gasteiger partial charge in [0.2, 0.25) is 0 Å². The average molecular weight is 432 g/mol. The predicted octanol–water partition coefficient (Wildman–Crippen LogP) is 4.58. The van der Waals surface area contributed by atoms with E-state index in [-0.39, 0.29) is 11.4 Å². The second-order valence-electron chi connectivity index (χ2n) is 7.33. The van der Waals surface area contributed by atoms with Crippen LogP contribution in [0.3, 0.4) is 0 Å². The molecule has 4 heterocycles. The van der Waals surface area contributed by atoms with Crippen molar-refractivity contribution in [3.63, 3.8) is 0 Å². The van der Waals surface area contributed by atoms with Gasteiger partial charge in [0.05, 0.1) is 33.8 Å². The van der Waals surface area contributed by atoms with E-state index in [4.69, 9.17) is 10.4 Å². The van der Waals surface area contributed by atoms with Crippen LogP contribution in [-0.4, -0.2) is 29.8 Å². The third-order valence-corrected chi connectivity index (χ3v) is 5.21. The van der Waals surface area contributed by atoms with Gasteiger partial charge in [0.25, 0.3) is 0 Å². The molecular formula is C26H20N6O. The van der Waals surface area contributed by atoms with E-state index >= 15 is 0 Å². The standard InChI is InChI=1S/C26H20N6O/c1-2-9-18(27)19-11-7-15-24(29-19)31-22-13-3-4-14-23(22)32(26(31)33)25-16-8-12-21(30-25)20-10-5-6-17-28-20/h2-17,27H,1H3/b9-2-,27-18?. The highest BCUT2D eigenvalue weighted by atomic mass is 16.1. The number of hydrogen-bond acceptors (Lipinski definition) is 5. The Labute approximate surface area is 189 Å². The smallest absolute Gasteiger partial charge is 0.299 e. The number of imidazole rings is 1. The van der Waals surface area contributed by atoms with Gasteiger partial charge in [-0.25, -0.2) is 23.9 Å². The van der Waals surface area contributed by atoms with Crippen LogP contribution >= 0.6 is 0 Å². The molecule has 0 aliphatic heterocycles. The van der Waals surface area contributed by atoms with Crippen LogP contribution in [0.15, 0.2) is 102 Å². The number of nitrogens with one attached hydrogen (secondary N) is 1. The van der Waals surface area contributed by atoms with Gasteiger partial charge in [-0.05, 0) is 61.5 Å². The van der Waals surface area contributed by atoms with E-state index in [1.165, 1.54) is 0 Å². The largest absolute Gasteiger partial charge is 0.340 e. The minimum absolute atomic E-state index is 0.279. The Hall–Kier alpha value is -4.65. The quantitative estimate of drug-likeness (QED) is 0.412. The molecule has 5 rings (SSSR count). The lowest BCUT2D eigenvalue weighted by atomic mass is 10.2. The molecule has 4 aromatic heterocycles. The molecule has 0 spiro atoms. The summed E-state index contributed by atoms with van der Waals surface area (Å²) in [4.78, 5) is 27.4. The lowest BCUT2D eigenvalue weighted by molar-refractivity contribution is 0.885. The van der Waals surface area contributed by atoms with Gasteiger partial charge in [0, 0.05) is 6.20 Å². The minimum Gasteiger partial charge on any atom is -0.299 e. The molecule has 160 valence electrons. The molecule has 1 aromatic carbocycles. The van der Waals surface area contributed by atoms with Crippen LogP contribution in [0.4, 0.5) is 0 Å². The third kappa shape index (κ3) is 3.65. The third-order valence-electron chi connectivity index (χ3n) is 5.21. The number of fused-ring (bicyclic) bond motifs is 1. The summed E-state index contributed by atoms with van der Waals surface area (Å²) in [5.41, 5.74) is 3.30. The van der Waals surface area contributed by atoms with Crippen LogP contribution in [0.1, 0.15) is 12.6 Å². The zero-order chi connectivity index (χ0) is 22.8. The van der Waals surface area contributed by atoms with Crippen LogP contribution in [0.5, 0.6) is 0 Å². The highest BCUT2D eigenvalue weighted by molar-refractivity contribution is 6.05. The number of pyridine rings is 3. The molecule has 7 nitrogen and oxygen atoms in total. The fourth-order valence-corrected chi connectivity index (χ4v) is 3.75. The van der Waals surface area contributed by atoms with E-state index in [1.807, 2.05) is 61.5 Å². The maximum absolute atomic E-state index is 13.7. The summed E-state index contributed by atoms with van der Waals surface area (Å²) in [6.07, 6.45) is 5.17. The van der Waals surface area contributed by atoms with Gasteiger partial charge in [-0.15, -0.1) is 0 Å². The second kappa shape index (κ2) is 8.47. The molecule has 0 fully saturated rings. The molecule has 0 radical (unpaired) electrons. The van der Waals surface area contributed by atoms with Gasteiger partial charge in [-0.3, -0.25) is 10.4 Å². The first-order chi connectivity index (χ1) is 16.2.